The molecule has 3 aromatic rings. The van der Waals surface area contributed by atoms with E-state index in [4.69, 9.17) is 4.74 Å². The molecule has 1 heterocycles. The summed E-state index contributed by atoms with van der Waals surface area (Å²) in [7, 11) is 1.75. The second-order valence-corrected chi connectivity index (χ2v) is 10.3. The van der Waals surface area contributed by atoms with Crippen LogP contribution < -0.4 is 4.74 Å². The summed E-state index contributed by atoms with van der Waals surface area (Å²) in [6.07, 6.45) is 0. The lowest BCUT2D eigenvalue weighted by Crippen LogP contribution is -2.39. The number of para-hydroxylation sites is 1. The quantitative estimate of drug-likeness (QED) is 0.383. The van der Waals surface area contributed by atoms with Crippen molar-refractivity contribution in [3.05, 3.63) is 101 Å². The van der Waals surface area contributed by atoms with Crippen molar-refractivity contribution in [1.82, 2.24) is 9.80 Å². The molecule has 4 rings (SSSR count). The summed E-state index contributed by atoms with van der Waals surface area (Å²) in [6, 6.07) is 26.9. The Kier molecular flexibility index (Phi) is 8.25. The molecule has 4 heteroatoms. The molecule has 3 aromatic carbocycles. The molecule has 2 atom stereocenters. The third kappa shape index (κ3) is 6.32. The van der Waals surface area contributed by atoms with E-state index in [0.29, 0.717) is 17.8 Å². The van der Waals surface area contributed by atoms with E-state index in [0.717, 1.165) is 44.0 Å². The Morgan fingerprint density at radius 2 is 1.66 bits per heavy atom. The molecule has 1 aliphatic heterocycles. The number of amides is 1. The van der Waals surface area contributed by atoms with Crippen molar-refractivity contribution >= 4 is 5.91 Å². The van der Waals surface area contributed by atoms with E-state index in [1.807, 2.05) is 36.4 Å². The zero-order valence-electron chi connectivity index (χ0n) is 21.5. The average molecular weight is 471 g/mol. The maximum atomic E-state index is 13.5. The van der Waals surface area contributed by atoms with E-state index in [1.165, 1.54) is 16.7 Å². The number of likely N-dealkylation sites (tertiary alicyclic amines) is 1. The molecule has 0 aliphatic carbocycles. The van der Waals surface area contributed by atoms with E-state index in [2.05, 4.69) is 73.0 Å². The molecule has 35 heavy (non-hydrogen) atoms. The predicted molar refractivity (Wildman–Crippen MR) is 143 cm³/mol. The summed E-state index contributed by atoms with van der Waals surface area (Å²) < 4.78 is 5.76. The molecule has 0 aromatic heterocycles. The fourth-order valence-electron chi connectivity index (χ4n) is 5.28. The Balaban J connectivity index is 1.61. The average Bonchev–Trinajstić information content (AvgIpc) is 3.26. The molecule has 0 bridgehead atoms. The molecule has 1 aliphatic rings. The largest absolute Gasteiger partial charge is 0.496 e. The van der Waals surface area contributed by atoms with Gasteiger partial charge in [-0.05, 0) is 48.1 Å². The fraction of sp³-hybridized carbons (Fsp3) is 0.387. The smallest absolute Gasteiger partial charge is 0.253 e. The predicted octanol–water partition coefficient (Wildman–Crippen LogP) is 6.02. The van der Waals surface area contributed by atoms with Crippen molar-refractivity contribution in [2.24, 2.45) is 11.8 Å². The normalized spacial score (nSPS) is 18.1. The molecule has 184 valence electrons. The summed E-state index contributed by atoms with van der Waals surface area (Å²) in [4.78, 5) is 18.1. The number of hydrogen-bond acceptors (Lipinski definition) is 3. The molecule has 1 saturated heterocycles. The van der Waals surface area contributed by atoms with Gasteiger partial charge in [-0.15, -0.1) is 0 Å². The van der Waals surface area contributed by atoms with Gasteiger partial charge < -0.3 is 9.64 Å². The number of methoxy groups -OCH3 is 1. The first-order chi connectivity index (χ1) is 16.9. The van der Waals surface area contributed by atoms with Crippen molar-refractivity contribution < 1.29 is 9.53 Å². The highest BCUT2D eigenvalue weighted by Gasteiger charge is 2.37. The van der Waals surface area contributed by atoms with Gasteiger partial charge in [0.1, 0.15) is 5.75 Å². The van der Waals surface area contributed by atoms with E-state index >= 15 is 0 Å². The van der Waals surface area contributed by atoms with Crippen LogP contribution in [0.1, 0.15) is 46.8 Å². The Bertz CT molecular complexity index is 1090. The maximum Gasteiger partial charge on any atom is 0.253 e. The van der Waals surface area contributed by atoms with Crippen molar-refractivity contribution in [2.75, 3.05) is 33.3 Å². The third-order valence-corrected chi connectivity index (χ3v) is 6.93. The van der Waals surface area contributed by atoms with E-state index in [-0.39, 0.29) is 5.91 Å². The minimum atomic E-state index is 0.120. The van der Waals surface area contributed by atoms with Crippen molar-refractivity contribution in [2.45, 2.75) is 33.2 Å². The molecule has 0 spiro atoms. The van der Waals surface area contributed by atoms with Crippen LogP contribution in [0.5, 0.6) is 5.75 Å². The highest BCUT2D eigenvalue weighted by Crippen LogP contribution is 2.38. The summed E-state index contributed by atoms with van der Waals surface area (Å²) in [6.45, 7) is 10.8. The highest BCUT2D eigenvalue weighted by atomic mass is 16.5. The number of ether oxygens (including phenoxy) is 1. The minimum Gasteiger partial charge on any atom is -0.496 e. The molecule has 1 fully saturated rings. The Labute approximate surface area is 210 Å². The van der Waals surface area contributed by atoms with Crippen LogP contribution in [0.3, 0.4) is 0 Å². The highest BCUT2D eigenvalue weighted by molar-refractivity contribution is 5.94. The lowest BCUT2D eigenvalue weighted by Gasteiger charge is -2.30. The molecule has 0 saturated carbocycles. The van der Waals surface area contributed by atoms with Gasteiger partial charge in [-0.3, -0.25) is 9.69 Å². The van der Waals surface area contributed by atoms with Gasteiger partial charge in [-0.25, -0.2) is 0 Å². The molecule has 2 unspecified atom stereocenters. The maximum absolute atomic E-state index is 13.5. The van der Waals surface area contributed by atoms with Gasteiger partial charge in [-0.2, -0.15) is 0 Å². The summed E-state index contributed by atoms with van der Waals surface area (Å²) in [5, 5.41) is 0. The monoisotopic (exact) mass is 470 g/mol. The van der Waals surface area contributed by atoms with Crippen LogP contribution in [0.4, 0.5) is 0 Å². The lowest BCUT2D eigenvalue weighted by molar-refractivity contribution is 0.0703. The number of aryl methyl sites for hydroxylation is 1. The molecular formula is C31H38N2O2. The SMILES string of the molecule is COc1ccccc1C1CN(Cc2ccc(C)cc2)CC1CN(CC(C)C)C(=O)c1ccccc1. The molecule has 1 amide bonds. The number of rotatable bonds is 9. The van der Waals surface area contributed by atoms with Gasteiger partial charge in [0, 0.05) is 44.2 Å². The zero-order valence-corrected chi connectivity index (χ0v) is 21.5. The number of benzene rings is 3. The zero-order chi connectivity index (χ0) is 24.8. The van der Waals surface area contributed by atoms with E-state index in [1.54, 1.807) is 7.11 Å². The van der Waals surface area contributed by atoms with Crippen LogP contribution in [0.15, 0.2) is 78.9 Å². The first kappa shape index (κ1) is 25.0. The van der Waals surface area contributed by atoms with Crippen LogP contribution >= 0.6 is 0 Å². The molecular weight excluding hydrogens is 432 g/mol. The summed E-state index contributed by atoms with van der Waals surface area (Å²) in [5.41, 5.74) is 4.61. The van der Waals surface area contributed by atoms with Crippen molar-refractivity contribution in [3.63, 3.8) is 0 Å². The molecule has 4 nitrogen and oxygen atoms in total. The topological polar surface area (TPSA) is 32.8 Å². The number of carbonyl (C=O) groups excluding carboxylic acids is 1. The molecule has 0 radical (unpaired) electrons. The third-order valence-electron chi connectivity index (χ3n) is 6.93. The standard InChI is InChI=1S/C31H38N2O2/c1-23(2)18-33(31(34)26-10-6-5-7-11-26)21-27-20-32(19-25-16-14-24(3)15-17-25)22-29(27)28-12-8-9-13-30(28)35-4/h5-17,23,27,29H,18-22H2,1-4H3. The summed E-state index contributed by atoms with van der Waals surface area (Å²) >= 11 is 0. The Morgan fingerprint density at radius 1 is 0.971 bits per heavy atom. The van der Waals surface area contributed by atoms with Gasteiger partial charge >= 0.3 is 0 Å². The van der Waals surface area contributed by atoms with E-state index < -0.39 is 0 Å². The van der Waals surface area contributed by atoms with Gasteiger partial charge in [0.05, 0.1) is 7.11 Å². The first-order valence-corrected chi connectivity index (χ1v) is 12.7. The van der Waals surface area contributed by atoms with Gasteiger partial charge in [0.15, 0.2) is 0 Å². The Morgan fingerprint density at radius 3 is 2.34 bits per heavy atom. The van der Waals surface area contributed by atoms with Crippen LogP contribution in [-0.2, 0) is 6.54 Å². The Hall–Kier alpha value is -3.11. The van der Waals surface area contributed by atoms with Crippen LogP contribution in [0, 0.1) is 18.8 Å². The second-order valence-electron chi connectivity index (χ2n) is 10.3. The minimum absolute atomic E-state index is 0.120. The number of hydrogen-bond donors (Lipinski definition) is 0. The van der Waals surface area contributed by atoms with E-state index in [9.17, 15) is 4.79 Å². The summed E-state index contributed by atoms with van der Waals surface area (Å²) in [5.74, 6) is 2.08. The van der Waals surface area contributed by atoms with Crippen molar-refractivity contribution in [3.8, 4) is 5.75 Å². The van der Waals surface area contributed by atoms with Crippen molar-refractivity contribution in [1.29, 1.82) is 0 Å². The fourth-order valence-corrected chi connectivity index (χ4v) is 5.28. The van der Waals surface area contributed by atoms with Crippen LogP contribution in [0.2, 0.25) is 0 Å². The van der Waals surface area contributed by atoms with Crippen LogP contribution in [0.25, 0.3) is 0 Å². The number of carbonyl (C=O) groups is 1. The first-order valence-electron chi connectivity index (χ1n) is 12.7. The number of nitrogens with zero attached hydrogens (tertiary/aromatic N) is 2. The lowest BCUT2D eigenvalue weighted by atomic mass is 9.87. The van der Waals surface area contributed by atoms with Gasteiger partial charge in [-0.1, -0.05) is 80.1 Å². The van der Waals surface area contributed by atoms with Gasteiger partial charge in [0.25, 0.3) is 5.91 Å². The second kappa shape index (κ2) is 11.5. The van der Waals surface area contributed by atoms with Crippen LogP contribution in [-0.4, -0.2) is 49.0 Å². The molecule has 0 N–H and O–H groups in total. The van der Waals surface area contributed by atoms with Gasteiger partial charge in [0.2, 0.25) is 0 Å².